The second-order valence-corrected chi connectivity index (χ2v) is 6.42. The highest BCUT2D eigenvalue weighted by molar-refractivity contribution is 6.06. The molecule has 0 saturated carbocycles. The normalized spacial score (nSPS) is 10.5. The van der Waals surface area contributed by atoms with Crippen LogP contribution in [0.2, 0.25) is 0 Å². The fraction of sp³-hybridized carbons (Fsp3) is 0.136. The van der Waals surface area contributed by atoms with E-state index in [1.807, 2.05) is 42.5 Å². The molecule has 0 aliphatic rings. The lowest BCUT2D eigenvalue weighted by atomic mass is 10.0. The number of anilines is 2. The Labute approximate surface area is 158 Å². The van der Waals surface area contributed by atoms with Gasteiger partial charge >= 0.3 is 0 Å². The van der Waals surface area contributed by atoms with Crippen LogP contribution in [-0.4, -0.2) is 16.8 Å². The van der Waals surface area contributed by atoms with E-state index >= 15 is 0 Å². The van der Waals surface area contributed by atoms with Crippen LogP contribution >= 0.6 is 0 Å². The molecule has 0 radical (unpaired) electrons. The Bertz CT molecular complexity index is 953. The predicted molar refractivity (Wildman–Crippen MR) is 107 cm³/mol. The zero-order valence-corrected chi connectivity index (χ0v) is 15.3. The molecule has 0 aliphatic carbocycles. The lowest BCUT2D eigenvalue weighted by molar-refractivity contribution is 0.101. The fourth-order valence-corrected chi connectivity index (χ4v) is 2.70. The van der Waals surface area contributed by atoms with Crippen LogP contribution in [0, 0.1) is 0 Å². The monoisotopic (exact) mass is 359 g/mol. The molecule has 0 spiro atoms. The van der Waals surface area contributed by atoms with Gasteiger partial charge in [0.05, 0.1) is 0 Å². The number of aromatic nitrogens is 1. The summed E-state index contributed by atoms with van der Waals surface area (Å²) in [5, 5.41) is 5.66. The van der Waals surface area contributed by atoms with Crippen molar-refractivity contribution in [3.05, 3.63) is 89.7 Å². The molecule has 1 heterocycles. The summed E-state index contributed by atoms with van der Waals surface area (Å²) in [5.41, 5.74) is 2.84. The summed E-state index contributed by atoms with van der Waals surface area (Å²) in [5.74, 6) is -0.437. The average molecular weight is 359 g/mol. The zero-order chi connectivity index (χ0) is 19.2. The number of carbonyl (C=O) groups excluding carboxylic acids is 2. The molecule has 5 nitrogen and oxygen atoms in total. The standard InChI is InChI=1S/C22H21N3O2/c1-15(2)17-11-6-7-12-18(17)25-22(27)20-14-8-13-19(24-20)21(26)23-16-9-4-3-5-10-16/h3-15H,1-2H3,(H,23,26)(H,25,27). The van der Waals surface area contributed by atoms with Crippen molar-refractivity contribution in [2.45, 2.75) is 19.8 Å². The molecule has 2 amide bonds. The van der Waals surface area contributed by atoms with Gasteiger partial charge in [-0.15, -0.1) is 0 Å². The fourth-order valence-electron chi connectivity index (χ4n) is 2.70. The van der Waals surface area contributed by atoms with Crippen molar-refractivity contribution in [3.8, 4) is 0 Å². The third kappa shape index (κ3) is 4.58. The molecule has 0 saturated heterocycles. The van der Waals surface area contributed by atoms with Gasteiger partial charge in [-0.1, -0.05) is 56.3 Å². The molecule has 2 N–H and O–H groups in total. The van der Waals surface area contributed by atoms with E-state index in [0.717, 1.165) is 11.3 Å². The van der Waals surface area contributed by atoms with E-state index in [2.05, 4.69) is 29.5 Å². The van der Waals surface area contributed by atoms with E-state index in [1.54, 1.807) is 30.3 Å². The first-order valence-corrected chi connectivity index (χ1v) is 8.78. The molecule has 2 aromatic carbocycles. The Kier molecular flexibility index (Phi) is 5.61. The average Bonchev–Trinajstić information content (AvgIpc) is 2.69. The highest BCUT2D eigenvalue weighted by atomic mass is 16.2. The highest BCUT2D eigenvalue weighted by Gasteiger charge is 2.14. The predicted octanol–water partition coefficient (Wildman–Crippen LogP) is 4.71. The lowest BCUT2D eigenvalue weighted by Crippen LogP contribution is -2.19. The molecule has 0 bridgehead atoms. The second kappa shape index (κ2) is 8.27. The van der Waals surface area contributed by atoms with Crippen molar-refractivity contribution >= 4 is 23.2 Å². The van der Waals surface area contributed by atoms with Crippen molar-refractivity contribution in [2.24, 2.45) is 0 Å². The first-order valence-electron chi connectivity index (χ1n) is 8.78. The third-order valence-electron chi connectivity index (χ3n) is 4.08. The quantitative estimate of drug-likeness (QED) is 0.693. The van der Waals surface area contributed by atoms with E-state index in [-0.39, 0.29) is 29.1 Å². The molecule has 3 aromatic rings. The van der Waals surface area contributed by atoms with E-state index in [0.29, 0.717) is 5.69 Å². The SMILES string of the molecule is CC(C)c1ccccc1NC(=O)c1cccc(C(=O)Nc2ccccc2)n1. The van der Waals surface area contributed by atoms with Crippen LogP contribution < -0.4 is 10.6 Å². The van der Waals surface area contributed by atoms with Crippen LogP contribution in [0.1, 0.15) is 46.3 Å². The molecule has 27 heavy (non-hydrogen) atoms. The van der Waals surface area contributed by atoms with Gasteiger partial charge in [0, 0.05) is 11.4 Å². The summed E-state index contributed by atoms with van der Waals surface area (Å²) in [6.45, 7) is 4.13. The van der Waals surface area contributed by atoms with Gasteiger partial charge < -0.3 is 10.6 Å². The Morgan fingerprint density at radius 1 is 0.741 bits per heavy atom. The maximum atomic E-state index is 12.6. The number of hydrogen-bond acceptors (Lipinski definition) is 3. The Morgan fingerprint density at radius 3 is 2.00 bits per heavy atom. The number of benzene rings is 2. The van der Waals surface area contributed by atoms with Gasteiger partial charge in [-0.25, -0.2) is 4.98 Å². The summed E-state index contributed by atoms with van der Waals surface area (Å²) < 4.78 is 0. The number of hydrogen-bond donors (Lipinski definition) is 2. The van der Waals surface area contributed by atoms with Crippen LogP contribution in [0.5, 0.6) is 0 Å². The van der Waals surface area contributed by atoms with Gasteiger partial charge in [0.25, 0.3) is 11.8 Å². The molecule has 0 unspecified atom stereocenters. The number of carbonyl (C=O) groups is 2. The highest BCUT2D eigenvalue weighted by Crippen LogP contribution is 2.24. The number of amides is 2. The van der Waals surface area contributed by atoms with Crippen molar-refractivity contribution in [3.63, 3.8) is 0 Å². The van der Waals surface area contributed by atoms with E-state index in [4.69, 9.17) is 0 Å². The summed E-state index contributed by atoms with van der Waals surface area (Å²) in [4.78, 5) is 29.2. The number of rotatable bonds is 5. The van der Waals surface area contributed by atoms with Gasteiger partial charge in [-0.05, 0) is 41.8 Å². The summed E-state index contributed by atoms with van der Waals surface area (Å²) >= 11 is 0. The van der Waals surface area contributed by atoms with Gasteiger partial charge in [0.2, 0.25) is 0 Å². The molecule has 0 aliphatic heterocycles. The van der Waals surface area contributed by atoms with Crippen LogP contribution in [0.25, 0.3) is 0 Å². The lowest BCUT2D eigenvalue weighted by Gasteiger charge is -2.13. The number of para-hydroxylation sites is 2. The van der Waals surface area contributed by atoms with E-state index in [1.165, 1.54) is 0 Å². The maximum absolute atomic E-state index is 12.6. The van der Waals surface area contributed by atoms with Crippen LogP contribution in [0.3, 0.4) is 0 Å². The van der Waals surface area contributed by atoms with Gasteiger partial charge in [-0.3, -0.25) is 9.59 Å². The number of nitrogens with zero attached hydrogens (tertiary/aromatic N) is 1. The Morgan fingerprint density at radius 2 is 1.33 bits per heavy atom. The minimum atomic E-state index is -0.363. The van der Waals surface area contributed by atoms with Gasteiger partial charge in [-0.2, -0.15) is 0 Å². The van der Waals surface area contributed by atoms with Crippen molar-refractivity contribution in [1.82, 2.24) is 4.98 Å². The summed E-state index contributed by atoms with van der Waals surface area (Å²) in [7, 11) is 0. The maximum Gasteiger partial charge on any atom is 0.274 e. The molecular weight excluding hydrogens is 338 g/mol. The largest absolute Gasteiger partial charge is 0.321 e. The minimum absolute atomic E-state index is 0.184. The van der Waals surface area contributed by atoms with E-state index < -0.39 is 0 Å². The van der Waals surface area contributed by atoms with Crippen LogP contribution in [0.15, 0.2) is 72.8 Å². The molecule has 0 atom stereocenters. The smallest absolute Gasteiger partial charge is 0.274 e. The first-order chi connectivity index (χ1) is 13.0. The van der Waals surface area contributed by atoms with Crippen LogP contribution in [-0.2, 0) is 0 Å². The third-order valence-corrected chi connectivity index (χ3v) is 4.08. The molecule has 3 rings (SSSR count). The Balaban J connectivity index is 1.77. The first kappa shape index (κ1) is 18.3. The van der Waals surface area contributed by atoms with Crippen LogP contribution in [0.4, 0.5) is 11.4 Å². The second-order valence-electron chi connectivity index (χ2n) is 6.42. The number of nitrogens with one attached hydrogen (secondary N) is 2. The molecule has 136 valence electrons. The van der Waals surface area contributed by atoms with Crippen molar-refractivity contribution in [1.29, 1.82) is 0 Å². The Hall–Kier alpha value is -3.47. The number of pyridine rings is 1. The molecular formula is C22H21N3O2. The minimum Gasteiger partial charge on any atom is -0.321 e. The van der Waals surface area contributed by atoms with Crippen molar-refractivity contribution < 1.29 is 9.59 Å². The topological polar surface area (TPSA) is 71.1 Å². The molecule has 1 aromatic heterocycles. The van der Waals surface area contributed by atoms with Crippen molar-refractivity contribution in [2.75, 3.05) is 10.6 Å². The summed E-state index contributed by atoms with van der Waals surface area (Å²) in [6.07, 6.45) is 0. The van der Waals surface area contributed by atoms with E-state index in [9.17, 15) is 9.59 Å². The van der Waals surface area contributed by atoms with Gasteiger partial charge in [0.1, 0.15) is 11.4 Å². The summed E-state index contributed by atoms with van der Waals surface area (Å²) in [6, 6.07) is 21.6. The molecule has 5 heteroatoms. The zero-order valence-electron chi connectivity index (χ0n) is 15.3. The molecule has 0 fully saturated rings. The van der Waals surface area contributed by atoms with Gasteiger partial charge in [0.15, 0.2) is 0 Å².